The van der Waals surface area contributed by atoms with Crippen LogP contribution in [0.2, 0.25) is 0 Å². The Labute approximate surface area is 114 Å². The Morgan fingerprint density at radius 1 is 1.08 bits per heavy atom. The minimum atomic E-state index is -1.19. The molecule has 0 aromatic rings. The molecule has 2 nitrogen and oxygen atoms in total. The van der Waals surface area contributed by atoms with Gasteiger partial charge in [-0.3, -0.25) is 0 Å². The maximum Gasteiger partial charge on any atom is 6.00 e. The first-order valence-corrected chi connectivity index (χ1v) is 1.51. The summed E-state index contributed by atoms with van der Waals surface area (Å²) in [5.41, 5.74) is 0.0648. The van der Waals surface area contributed by atoms with Crippen molar-refractivity contribution in [2.75, 3.05) is 0 Å². The molecule has 0 fully saturated rings. The number of carboxylic acids is 1. The van der Waals surface area contributed by atoms with E-state index in [1.807, 2.05) is 0 Å². The normalized spacial score (nSPS) is 3.75. The van der Waals surface area contributed by atoms with Crippen LogP contribution in [0.1, 0.15) is 6.92 Å². The summed E-state index contributed by atoms with van der Waals surface area (Å²) in [4.78, 5) is 9.49. The molecule has 12 heavy (non-hydrogen) atoms. The third kappa shape index (κ3) is 43.1. The van der Waals surface area contributed by atoms with Gasteiger partial charge >= 0.3 is 17.4 Å². The van der Waals surface area contributed by atoms with Gasteiger partial charge in [-0.05, 0) is 12.5 Å². The molecule has 8 heteroatoms. The molecule has 74 valence electrons. The van der Waals surface area contributed by atoms with Gasteiger partial charge in [-0.2, -0.15) is 0 Å². The summed E-state index contributed by atoms with van der Waals surface area (Å²) in [5, 5.41) is 9.49. The van der Waals surface area contributed by atoms with Gasteiger partial charge in [0.05, 0.1) is 5.97 Å². The Morgan fingerprint density at radius 2 is 1.17 bits per heavy atom. The van der Waals surface area contributed by atoms with E-state index in [0.29, 0.717) is 0 Å². The van der Waals surface area contributed by atoms with Crippen molar-refractivity contribution in [2.24, 2.45) is 0 Å². The second-order valence-electron chi connectivity index (χ2n) is 1.07. The summed E-state index contributed by atoms with van der Waals surface area (Å²) >= 11 is 0. The summed E-state index contributed by atoms with van der Waals surface area (Å²) in [5.74, 6) is -1.19. The van der Waals surface area contributed by atoms with Gasteiger partial charge < -0.3 is 71.9 Å². The Bertz CT molecular complexity index is 87.4. The molecule has 0 aliphatic rings. The number of rotatable bonds is 1. The molecule has 0 atom stereocenters. The zero-order valence-electron chi connectivity index (χ0n) is 5.82. The van der Waals surface area contributed by atoms with E-state index in [9.17, 15) is 9.90 Å². The third-order valence-corrected chi connectivity index (χ3v) is 0.348. The van der Waals surface area contributed by atoms with E-state index in [-0.39, 0.29) is 85.0 Å². The summed E-state index contributed by atoms with van der Waals surface area (Å²) < 4.78 is 0. The summed E-state index contributed by atoms with van der Waals surface area (Å²) in [6.07, 6.45) is 0. The monoisotopic (exact) mass is 312 g/mol. The second kappa shape index (κ2) is 29.5. The number of hydrogen-bond acceptors (Lipinski definition) is 2. The van der Waals surface area contributed by atoms with Crippen molar-refractivity contribution in [3.63, 3.8) is 0 Å². The third-order valence-electron chi connectivity index (χ3n) is 0.348. The average Bonchev–Trinajstić information content (AvgIpc) is 1.36. The molecular formula is C4H5Cl5CrO2. The number of hydrogen-bond donors (Lipinski definition) is 0. The molecule has 0 amide bonds. The van der Waals surface area contributed by atoms with Crippen molar-refractivity contribution in [1.82, 2.24) is 0 Å². The van der Waals surface area contributed by atoms with Crippen LogP contribution in [0, 0.1) is 0 Å². The van der Waals surface area contributed by atoms with Crippen molar-refractivity contribution in [3.8, 4) is 0 Å². The van der Waals surface area contributed by atoms with Crippen molar-refractivity contribution >= 4 is 5.97 Å². The van der Waals surface area contributed by atoms with Gasteiger partial charge in [0.1, 0.15) is 0 Å². The van der Waals surface area contributed by atoms with Crippen LogP contribution in [0.4, 0.5) is 0 Å². The SMILES string of the molecule is C=C(C)C(=O)[O-].[Cl-].[Cl-].[Cl-].[Cl-].[Cl-].[Cr+6]. The second-order valence-corrected chi connectivity index (χ2v) is 1.07. The van der Waals surface area contributed by atoms with Gasteiger partial charge in [0, 0.05) is 0 Å². The fourth-order valence-corrected chi connectivity index (χ4v) is 0. The molecule has 0 rings (SSSR count). The quantitative estimate of drug-likeness (QED) is 0.451. The van der Waals surface area contributed by atoms with Crippen molar-refractivity contribution in [3.05, 3.63) is 12.2 Å². The van der Waals surface area contributed by atoms with E-state index in [2.05, 4.69) is 6.58 Å². The maximum atomic E-state index is 9.49. The van der Waals surface area contributed by atoms with Gasteiger partial charge in [-0.15, -0.1) is 0 Å². The summed E-state index contributed by atoms with van der Waals surface area (Å²) in [6, 6.07) is 0. The molecule has 0 heterocycles. The molecule has 0 aliphatic carbocycles. The number of carbonyl (C=O) groups excluding carboxylic acids is 1. The van der Waals surface area contributed by atoms with E-state index in [1.54, 1.807) is 0 Å². The fraction of sp³-hybridized carbons (Fsp3) is 0.250. The Morgan fingerprint density at radius 3 is 1.17 bits per heavy atom. The van der Waals surface area contributed by atoms with E-state index >= 15 is 0 Å². The molecule has 0 N–H and O–H groups in total. The molecule has 0 saturated heterocycles. The molecule has 0 spiro atoms. The largest absolute Gasteiger partial charge is 6.00 e. The van der Waals surface area contributed by atoms with E-state index in [1.165, 1.54) is 6.92 Å². The molecule has 0 bridgehead atoms. The molecule has 0 aromatic heterocycles. The minimum absolute atomic E-state index is 0. The van der Waals surface area contributed by atoms with Crippen molar-refractivity contribution in [2.45, 2.75) is 6.92 Å². The Kier molecular flexibility index (Phi) is 126. The molecule has 0 unspecified atom stereocenters. The van der Waals surface area contributed by atoms with Crippen LogP contribution < -0.4 is 67.1 Å². The van der Waals surface area contributed by atoms with Crippen LogP contribution in [-0.2, 0) is 22.2 Å². The van der Waals surface area contributed by atoms with Crippen molar-refractivity contribution < 1.29 is 89.3 Å². The van der Waals surface area contributed by atoms with Gasteiger partial charge in [-0.25, -0.2) is 0 Å². The van der Waals surface area contributed by atoms with Crippen LogP contribution in [0.5, 0.6) is 0 Å². The number of aliphatic carboxylic acids is 1. The standard InChI is InChI=1S/C4H6O2.5ClH.Cr/c1-3(2)4(5)6;;;;;;/h1H2,2H3,(H,5,6);5*1H;/q;;;;;;+6/p-6. The van der Waals surface area contributed by atoms with Crippen LogP contribution in [0.3, 0.4) is 0 Å². The molecule has 0 aliphatic heterocycles. The molecule has 0 saturated carbocycles. The van der Waals surface area contributed by atoms with Gasteiger partial charge in [0.15, 0.2) is 0 Å². The van der Waals surface area contributed by atoms with E-state index in [4.69, 9.17) is 0 Å². The van der Waals surface area contributed by atoms with E-state index in [0.717, 1.165) is 0 Å². The smallest absolute Gasteiger partial charge is 1.00 e. The topological polar surface area (TPSA) is 40.1 Å². The van der Waals surface area contributed by atoms with Crippen LogP contribution >= 0.6 is 0 Å². The zero-order chi connectivity index (χ0) is 5.15. The van der Waals surface area contributed by atoms with Crippen LogP contribution in [-0.4, -0.2) is 5.97 Å². The molecule has 0 aromatic carbocycles. The summed E-state index contributed by atoms with van der Waals surface area (Å²) in [6.45, 7) is 4.48. The zero-order valence-corrected chi connectivity index (χ0v) is 10.9. The van der Waals surface area contributed by atoms with Crippen LogP contribution in [0.15, 0.2) is 12.2 Å². The molecular weight excluding hydrogens is 309 g/mol. The van der Waals surface area contributed by atoms with Gasteiger partial charge in [0.25, 0.3) is 0 Å². The fourth-order valence-electron chi connectivity index (χ4n) is 0. The summed E-state index contributed by atoms with van der Waals surface area (Å²) in [7, 11) is 0. The number of carboxylic acid groups (broad SMARTS) is 1. The van der Waals surface area contributed by atoms with Gasteiger partial charge in [0.2, 0.25) is 0 Å². The predicted octanol–water partition coefficient (Wildman–Crippen LogP) is -15.7. The minimum Gasteiger partial charge on any atom is -1.00 e. The van der Waals surface area contributed by atoms with E-state index < -0.39 is 5.97 Å². The first-order valence-electron chi connectivity index (χ1n) is 1.51. The Hall–Kier alpha value is 1.19. The molecule has 0 radical (unpaired) electrons. The number of halogens is 5. The first-order chi connectivity index (χ1) is 2.64. The average molecular weight is 314 g/mol. The predicted molar refractivity (Wildman–Crippen MR) is 19.8 cm³/mol. The number of carbonyl (C=O) groups is 1. The Balaban J connectivity index is -0.00000000833. The first kappa shape index (κ1) is 51.1. The maximum absolute atomic E-state index is 9.49. The van der Waals surface area contributed by atoms with Gasteiger partial charge in [-0.1, -0.05) is 6.58 Å². The van der Waals surface area contributed by atoms with Crippen LogP contribution in [0.25, 0.3) is 0 Å². The van der Waals surface area contributed by atoms with Crippen molar-refractivity contribution in [1.29, 1.82) is 0 Å².